The van der Waals surface area contributed by atoms with Gasteiger partial charge in [0, 0.05) is 25.8 Å². The fourth-order valence-electron chi connectivity index (χ4n) is 2.21. The van der Waals surface area contributed by atoms with Crippen molar-refractivity contribution in [2.45, 2.75) is 32.8 Å². The molecule has 0 atom stereocenters. The van der Waals surface area contributed by atoms with Gasteiger partial charge < -0.3 is 14.6 Å². The average molecular weight is 237 g/mol. The van der Waals surface area contributed by atoms with Gasteiger partial charge in [-0.3, -0.25) is 4.79 Å². The van der Waals surface area contributed by atoms with Crippen LogP contribution >= 0.6 is 0 Å². The minimum Gasteiger partial charge on any atom is -0.378 e. The SMILES string of the molecule is CCOC1CCN(c2cc(=O)[nH]c(C)n2)CC1. The zero-order valence-electron chi connectivity index (χ0n) is 10.4. The summed E-state index contributed by atoms with van der Waals surface area (Å²) < 4.78 is 5.60. The molecule has 5 heteroatoms. The number of aryl methyl sites for hydroxylation is 1. The number of nitrogens with zero attached hydrogens (tertiary/aromatic N) is 2. The third kappa shape index (κ3) is 3.06. The summed E-state index contributed by atoms with van der Waals surface area (Å²) in [6.45, 7) is 6.40. The highest BCUT2D eigenvalue weighted by Crippen LogP contribution is 2.18. The smallest absolute Gasteiger partial charge is 0.252 e. The predicted octanol–water partition coefficient (Wildman–Crippen LogP) is 1.08. The summed E-state index contributed by atoms with van der Waals surface area (Å²) in [6.07, 6.45) is 2.36. The van der Waals surface area contributed by atoms with Gasteiger partial charge in [0.25, 0.3) is 5.56 Å². The number of anilines is 1. The number of piperidine rings is 1. The lowest BCUT2D eigenvalue weighted by molar-refractivity contribution is 0.0458. The topological polar surface area (TPSA) is 58.2 Å². The molecule has 94 valence electrons. The summed E-state index contributed by atoms with van der Waals surface area (Å²) in [5.74, 6) is 1.45. The second-order valence-electron chi connectivity index (χ2n) is 4.33. The van der Waals surface area contributed by atoms with Crippen molar-refractivity contribution < 1.29 is 4.74 Å². The molecule has 0 amide bonds. The van der Waals surface area contributed by atoms with Crippen molar-refractivity contribution in [3.8, 4) is 0 Å². The second kappa shape index (κ2) is 5.31. The number of rotatable bonds is 3. The maximum absolute atomic E-state index is 11.4. The third-order valence-corrected chi connectivity index (χ3v) is 3.01. The van der Waals surface area contributed by atoms with Gasteiger partial charge in [-0.15, -0.1) is 0 Å². The van der Waals surface area contributed by atoms with Gasteiger partial charge in [0.2, 0.25) is 0 Å². The molecule has 5 nitrogen and oxygen atoms in total. The van der Waals surface area contributed by atoms with Crippen LogP contribution in [-0.2, 0) is 4.74 Å². The Labute approximate surface area is 101 Å². The number of aromatic nitrogens is 2. The van der Waals surface area contributed by atoms with Crippen LogP contribution in [0.25, 0.3) is 0 Å². The molecule has 0 aromatic carbocycles. The minimum atomic E-state index is -0.0839. The first-order chi connectivity index (χ1) is 8.19. The zero-order chi connectivity index (χ0) is 12.3. The van der Waals surface area contributed by atoms with E-state index in [1.165, 1.54) is 0 Å². The first-order valence-corrected chi connectivity index (χ1v) is 6.13. The summed E-state index contributed by atoms with van der Waals surface area (Å²) >= 11 is 0. The van der Waals surface area contributed by atoms with Gasteiger partial charge in [-0.2, -0.15) is 0 Å². The van der Waals surface area contributed by atoms with E-state index in [0.29, 0.717) is 11.9 Å². The Morgan fingerprint density at radius 3 is 2.82 bits per heavy atom. The number of hydrogen-bond donors (Lipinski definition) is 1. The van der Waals surface area contributed by atoms with Gasteiger partial charge in [0.15, 0.2) is 0 Å². The van der Waals surface area contributed by atoms with Gasteiger partial charge in [0.1, 0.15) is 11.6 Å². The quantitative estimate of drug-likeness (QED) is 0.854. The van der Waals surface area contributed by atoms with E-state index in [0.717, 1.165) is 38.4 Å². The normalized spacial score (nSPS) is 17.4. The van der Waals surface area contributed by atoms with Gasteiger partial charge >= 0.3 is 0 Å². The highest BCUT2D eigenvalue weighted by atomic mass is 16.5. The predicted molar refractivity (Wildman–Crippen MR) is 66.5 cm³/mol. The molecule has 0 unspecified atom stereocenters. The van der Waals surface area contributed by atoms with Crippen molar-refractivity contribution >= 4 is 5.82 Å². The molecule has 1 N–H and O–H groups in total. The number of hydrogen-bond acceptors (Lipinski definition) is 4. The lowest BCUT2D eigenvalue weighted by Crippen LogP contribution is -2.38. The van der Waals surface area contributed by atoms with Crippen LogP contribution in [-0.4, -0.2) is 35.8 Å². The van der Waals surface area contributed by atoms with Crippen molar-refractivity contribution in [3.63, 3.8) is 0 Å². The van der Waals surface area contributed by atoms with Crippen LogP contribution < -0.4 is 10.5 Å². The molecule has 0 radical (unpaired) electrons. The maximum Gasteiger partial charge on any atom is 0.252 e. The Hall–Kier alpha value is -1.36. The molecule has 0 spiro atoms. The minimum absolute atomic E-state index is 0.0839. The van der Waals surface area contributed by atoms with E-state index < -0.39 is 0 Å². The number of aromatic amines is 1. The first-order valence-electron chi connectivity index (χ1n) is 6.13. The molecule has 1 fully saturated rings. The van der Waals surface area contributed by atoms with Crippen molar-refractivity contribution in [3.05, 3.63) is 22.2 Å². The third-order valence-electron chi connectivity index (χ3n) is 3.01. The maximum atomic E-state index is 11.4. The van der Waals surface area contributed by atoms with E-state index in [-0.39, 0.29) is 5.56 Å². The van der Waals surface area contributed by atoms with Crippen molar-refractivity contribution in [2.75, 3.05) is 24.6 Å². The molecule has 1 aromatic heterocycles. The van der Waals surface area contributed by atoms with E-state index in [2.05, 4.69) is 14.9 Å². The summed E-state index contributed by atoms with van der Waals surface area (Å²) in [6, 6.07) is 1.56. The van der Waals surface area contributed by atoms with Crippen molar-refractivity contribution in [2.24, 2.45) is 0 Å². The van der Waals surface area contributed by atoms with Crippen LogP contribution in [0, 0.1) is 6.92 Å². The number of H-pyrrole nitrogens is 1. The molecule has 1 saturated heterocycles. The van der Waals surface area contributed by atoms with Gasteiger partial charge in [-0.1, -0.05) is 0 Å². The Balaban J connectivity index is 2.02. The Morgan fingerprint density at radius 1 is 1.53 bits per heavy atom. The number of ether oxygens (including phenoxy) is 1. The molecule has 1 aliphatic rings. The van der Waals surface area contributed by atoms with E-state index in [1.807, 2.05) is 6.92 Å². The summed E-state index contributed by atoms with van der Waals surface area (Å²) in [5.41, 5.74) is -0.0839. The Morgan fingerprint density at radius 2 is 2.24 bits per heavy atom. The molecule has 0 saturated carbocycles. The van der Waals surface area contributed by atoms with Crippen LogP contribution in [0.15, 0.2) is 10.9 Å². The van der Waals surface area contributed by atoms with Crippen LogP contribution in [0.2, 0.25) is 0 Å². The van der Waals surface area contributed by atoms with Crippen LogP contribution in [0.3, 0.4) is 0 Å². The molecule has 0 bridgehead atoms. The van der Waals surface area contributed by atoms with E-state index in [4.69, 9.17) is 4.74 Å². The standard InChI is InChI=1S/C12H19N3O2/c1-3-17-10-4-6-15(7-5-10)11-8-12(16)14-9(2)13-11/h8,10H,3-7H2,1-2H3,(H,13,14,16). The van der Waals surface area contributed by atoms with Gasteiger partial charge in [-0.05, 0) is 26.7 Å². The first kappa shape index (κ1) is 12.1. The average Bonchev–Trinajstić information content (AvgIpc) is 2.29. The molecule has 2 rings (SSSR count). The molecular weight excluding hydrogens is 218 g/mol. The van der Waals surface area contributed by atoms with Crippen LogP contribution in [0.5, 0.6) is 0 Å². The Kier molecular flexibility index (Phi) is 3.78. The molecule has 17 heavy (non-hydrogen) atoms. The Bertz CT molecular complexity index is 422. The molecule has 1 aliphatic heterocycles. The van der Waals surface area contributed by atoms with Gasteiger partial charge in [0.05, 0.1) is 6.10 Å². The zero-order valence-corrected chi connectivity index (χ0v) is 10.4. The van der Waals surface area contributed by atoms with Crippen molar-refractivity contribution in [1.82, 2.24) is 9.97 Å². The monoisotopic (exact) mass is 237 g/mol. The lowest BCUT2D eigenvalue weighted by Gasteiger charge is -2.32. The van der Waals surface area contributed by atoms with E-state index in [9.17, 15) is 4.79 Å². The molecular formula is C12H19N3O2. The lowest BCUT2D eigenvalue weighted by atomic mass is 10.1. The van der Waals surface area contributed by atoms with Crippen molar-refractivity contribution in [1.29, 1.82) is 0 Å². The van der Waals surface area contributed by atoms with Crippen LogP contribution in [0.1, 0.15) is 25.6 Å². The van der Waals surface area contributed by atoms with Gasteiger partial charge in [-0.25, -0.2) is 4.98 Å². The van der Waals surface area contributed by atoms with E-state index in [1.54, 1.807) is 13.0 Å². The number of nitrogens with one attached hydrogen (secondary N) is 1. The largest absolute Gasteiger partial charge is 0.378 e. The van der Waals surface area contributed by atoms with Crippen LogP contribution in [0.4, 0.5) is 5.82 Å². The highest BCUT2D eigenvalue weighted by molar-refractivity contribution is 5.37. The fourth-order valence-corrected chi connectivity index (χ4v) is 2.21. The highest BCUT2D eigenvalue weighted by Gasteiger charge is 2.20. The fraction of sp³-hybridized carbons (Fsp3) is 0.667. The summed E-state index contributed by atoms with van der Waals surface area (Å²) in [5, 5.41) is 0. The second-order valence-corrected chi connectivity index (χ2v) is 4.33. The molecule has 1 aromatic rings. The van der Waals surface area contributed by atoms with E-state index >= 15 is 0 Å². The molecule has 2 heterocycles. The summed E-state index contributed by atoms with van der Waals surface area (Å²) in [7, 11) is 0. The summed E-state index contributed by atoms with van der Waals surface area (Å²) in [4.78, 5) is 20.5. The molecule has 0 aliphatic carbocycles.